The van der Waals surface area contributed by atoms with Crippen LogP contribution in [-0.4, -0.2) is 36.8 Å². The van der Waals surface area contributed by atoms with Crippen molar-refractivity contribution in [2.75, 3.05) is 13.2 Å². The number of sulfonamides is 1. The summed E-state index contributed by atoms with van der Waals surface area (Å²) in [7, 11) is -3.90. The lowest BCUT2D eigenvalue weighted by molar-refractivity contribution is -0.384. The Hall–Kier alpha value is -2.49. The normalized spacial score (nSPS) is 18.8. The Labute approximate surface area is 198 Å². The molecule has 0 heterocycles. The Kier molecular flexibility index (Phi) is 8.45. The summed E-state index contributed by atoms with van der Waals surface area (Å²) in [5.74, 6) is -0.236. The molecule has 1 saturated carbocycles. The number of esters is 1. The number of non-ortho nitro benzene ring substituents is 1. The predicted octanol–water partition coefficient (Wildman–Crippen LogP) is 4.81. The molecule has 0 amide bonds. The smallest absolute Gasteiger partial charge is 0.308 e. The van der Waals surface area contributed by atoms with E-state index in [0.717, 1.165) is 18.4 Å². The highest BCUT2D eigenvalue weighted by Gasteiger charge is 2.32. The SMILES string of the molecule is CCOC(=O)C1CCC(CN(Cc2ccc(Cl)cc2)S(=O)(=O)c2ccc([N+](=O)[O-])cc2)CC1. The van der Waals surface area contributed by atoms with Crippen LogP contribution in [0.2, 0.25) is 5.02 Å². The quantitative estimate of drug-likeness (QED) is 0.281. The maximum Gasteiger partial charge on any atom is 0.308 e. The minimum Gasteiger partial charge on any atom is -0.466 e. The van der Waals surface area contributed by atoms with Gasteiger partial charge in [-0.2, -0.15) is 4.31 Å². The molecule has 2 aromatic carbocycles. The van der Waals surface area contributed by atoms with Gasteiger partial charge in [0.2, 0.25) is 10.0 Å². The highest BCUT2D eigenvalue weighted by atomic mass is 35.5. The summed E-state index contributed by atoms with van der Waals surface area (Å²) in [4.78, 5) is 22.4. The van der Waals surface area contributed by atoms with Crippen LogP contribution in [0.15, 0.2) is 53.4 Å². The summed E-state index contributed by atoms with van der Waals surface area (Å²) in [5.41, 5.74) is 0.612. The van der Waals surface area contributed by atoms with Gasteiger partial charge in [0.05, 0.1) is 22.3 Å². The van der Waals surface area contributed by atoms with E-state index < -0.39 is 14.9 Å². The van der Waals surface area contributed by atoms with Gasteiger partial charge in [0, 0.05) is 30.2 Å². The maximum atomic E-state index is 13.5. The van der Waals surface area contributed by atoms with Gasteiger partial charge in [-0.05, 0) is 68.4 Å². The van der Waals surface area contributed by atoms with Crippen molar-refractivity contribution in [3.63, 3.8) is 0 Å². The zero-order chi connectivity index (χ0) is 24.0. The first-order chi connectivity index (χ1) is 15.7. The number of benzene rings is 2. The third-order valence-electron chi connectivity index (χ3n) is 5.89. The number of nitro benzene ring substituents is 1. The topological polar surface area (TPSA) is 107 Å². The van der Waals surface area contributed by atoms with E-state index in [1.807, 2.05) is 0 Å². The van der Waals surface area contributed by atoms with E-state index in [1.54, 1.807) is 31.2 Å². The molecule has 0 N–H and O–H groups in total. The fourth-order valence-corrected chi connectivity index (χ4v) is 5.69. The van der Waals surface area contributed by atoms with Crippen LogP contribution in [-0.2, 0) is 26.1 Å². The van der Waals surface area contributed by atoms with Crippen LogP contribution in [0.25, 0.3) is 0 Å². The molecule has 10 heteroatoms. The zero-order valence-corrected chi connectivity index (χ0v) is 19.9. The van der Waals surface area contributed by atoms with Gasteiger partial charge >= 0.3 is 5.97 Å². The molecule has 8 nitrogen and oxygen atoms in total. The summed E-state index contributed by atoms with van der Waals surface area (Å²) in [5, 5.41) is 11.5. The van der Waals surface area contributed by atoms with Crippen LogP contribution < -0.4 is 0 Å². The first kappa shape index (κ1) is 25.1. The van der Waals surface area contributed by atoms with Gasteiger partial charge < -0.3 is 4.74 Å². The Morgan fingerprint density at radius 2 is 1.70 bits per heavy atom. The highest BCUT2D eigenvalue weighted by Crippen LogP contribution is 2.32. The van der Waals surface area contributed by atoms with Gasteiger partial charge in [-0.25, -0.2) is 8.42 Å². The van der Waals surface area contributed by atoms with Crippen LogP contribution in [0.3, 0.4) is 0 Å². The summed E-state index contributed by atoms with van der Waals surface area (Å²) in [6, 6.07) is 11.9. The highest BCUT2D eigenvalue weighted by molar-refractivity contribution is 7.89. The number of hydrogen-bond donors (Lipinski definition) is 0. The zero-order valence-electron chi connectivity index (χ0n) is 18.4. The standard InChI is InChI=1S/C23H27ClN2O6S/c1-2-32-23(27)19-7-3-17(4-8-19)15-25(16-18-5-9-20(24)10-6-18)33(30,31)22-13-11-21(12-14-22)26(28)29/h5-6,9-14,17,19H,2-4,7-8,15-16H2,1H3. The number of carbonyl (C=O) groups excluding carboxylic acids is 1. The summed E-state index contributed by atoms with van der Waals surface area (Å²) in [6.07, 6.45) is 2.76. The van der Waals surface area contributed by atoms with Crippen molar-refractivity contribution < 1.29 is 22.9 Å². The van der Waals surface area contributed by atoms with Crippen LogP contribution in [0.5, 0.6) is 0 Å². The maximum absolute atomic E-state index is 13.5. The Morgan fingerprint density at radius 3 is 2.24 bits per heavy atom. The molecule has 3 rings (SSSR count). The Morgan fingerprint density at radius 1 is 1.09 bits per heavy atom. The molecule has 0 bridgehead atoms. The minimum atomic E-state index is -3.90. The molecule has 2 aromatic rings. The van der Waals surface area contributed by atoms with Gasteiger partial charge in [-0.3, -0.25) is 14.9 Å². The molecule has 0 aliphatic heterocycles. The Bertz CT molecular complexity index is 1070. The van der Waals surface area contributed by atoms with Crippen molar-refractivity contribution in [3.05, 3.63) is 69.2 Å². The first-order valence-corrected chi connectivity index (χ1v) is 12.7. The average molecular weight is 495 g/mol. The van der Waals surface area contributed by atoms with E-state index in [9.17, 15) is 23.3 Å². The van der Waals surface area contributed by atoms with Gasteiger partial charge in [0.15, 0.2) is 0 Å². The van der Waals surface area contributed by atoms with Crippen molar-refractivity contribution in [3.8, 4) is 0 Å². The van der Waals surface area contributed by atoms with Crippen LogP contribution in [0.4, 0.5) is 5.69 Å². The molecule has 0 aromatic heterocycles. The third kappa shape index (κ3) is 6.52. The number of halogens is 1. The monoisotopic (exact) mass is 494 g/mol. The van der Waals surface area contributed by atoms with E-state index in [4.69, 9.17) is 16.3 Å². The third-order valence-corrected chi connectivity index (χ3v) is 7.96. The molecular formula is C23H27ClN2O6S. The van der Waals surface area contributed by atoms with Crippen molar-refractivity contribution in [1.29, 1.82) is 0 Å². The largest absolute Gasteiger partial charge is 0.466 e. The number of ether oxygens (including phenoxy) is 1. The van der Waals surface area contributed by atoms with Crippen LogP contribution in [0.1, 0.15) is 38.2 Å². The molecule has 0 saturated heterocycles. The van der Waals surface area contributed by atoms with E-state index in [2.05, 4.69) is 0 Å². The number of nitro groups is 1. The minimum absolute atomic E-state index is 0.00210. The Balaban J connectivity index is 1.80. The van der Waals surface area contributed by atoms with Gasteiger partial charge in [0.1, 0.15) is 0 Å². The summed E-state index contributed by atoms with van der Waals surface area (Å²) >= 11 is 5.97. The number of carbonyl (C=O) groups is 1. The van der Waals surface area contributed by atoms with E-state index in [0.29, 0.717) is 24.5 Å². The summed E-state index contributed by atoms with van der Waals surface area (Å²) < 4.78 is 33.5. The van der Waals surface area contributed by atoms with Gasteiger partial charge in [0.25, 0.3) is 5.69 Å². The van der Waals surface area contributed by atoms with E-state index >= 15 is 0 Å². The van der Waals surface area contributed by atoms with Crippen molar-refractivity contribution in [1.82, 2.24) is 4.31 Å². The van der Waals surface area contributed by atoms with Gasteiger partial charge in [-0.15, -0.1) is 0 Å². The second kappa shape index (κ2) is 11.1. The van der Waals surface area contributed by atoms with E-state index in [-0.39, 0.29) is 41.5 Å². The van der Waals surface area contributed by atoms with Crippen LogP contribution in [0, 0.1) is 22.0 Å². The fraction of sp³-hybridized carbons (Fsp3) is 0.435. The molecule has 0 atom stereocenters. The number of nitrogens with zero attached hydrogens (tertiary/aromatic N) is 2. The molecule has 0 spiro atoms. The molecule has 0 unspecified atom stereocenters. The molecule has 33 heavy (non-hydrogen) atoms. The lowest BCUT2D eigenvalue weighted by Gasteiger charge is -2.31. The molecule has 1 aliphatic carbocycles. The molecule has 0 radical (unpaired) electrons. The van der Waals surface area contributed by atoms with Crippen LogP contribution >= 0.6 is 11.6 Å². The lowest BCUT2D eigenvalue weighted by atomic mass is 9.82. The molecule has 1 fully saturated rings. The first-order valence-electron chi connectivity index (χ1n) is 10.9. The second-order valence-corrected chi connectivity index (χ2v) is 10.5. The molecular weight excluding hydrogens is 468 g/mol. The lowest BCUT2D eigenvalue weighted by Crippen LogP contribution is -2.37. The van der Waals surface area contributed by atoms with Crippen molar-refractivity contribution >= 4 is 33.3 Å². The van der Waals surface area contributed by atoms with Gasteiger partial charge in [-0.1, -0.05) is 23.7 Å². The van der Waals surface area contributed by atoms with E-state index in [1.165, 1.54) is 28.6 Å². The second-order valence-electron chi connectivity index (χ2n) is 8.14. The van der Waals surface area contributed by atoms with Crippen molar-refractivity contribution in [2.24, 2.45) is 11.8 Å². The molecule has 178 valence electrons. The average Bonchev–Trinajstić information content (AvgIpc) is 2.80. The summed E-state index contributed by atoms with van der Waals surface area (Å²) in [6.45, 7) is 2.56. The fourth-order valence-electron chi connectivity index (χ4n) is 4.06. The predicted molar refractivity (Wildman–Crippen MR) is 124 cm³/mol. The van der Waals surface area contributed by atoms with Crippen molar-refractivity contribution in [2.45, 2.75) is 44.0 Å². The molecule has 1 aliphatic rings. The number of rotatable bonds is 9. The number of hydrogen-bond acceptors (Lipinski definition) is 6.